The van der Waals surface area contributed by atoms with Gasteiger partial charge in [0.1, 0.15) is 5.60 Å². The van der Waals surface area contributed by atoms with Crippen molar-refractivity contribution in [3.63, 3.8) is 0 Å². The maximum absolute atomic E-state index is 12.2. The van der Waals surface area contributed by atoms with Gasteiger partial charge in [0.05, 0.1) is 19.6 Å². The van der Waals surface area contributed by atoms with Gasteiger partial charge in [-0.3, -0.25) is 9.69 Å². The van der Waals surface area contributed by atoms with Crippen molar-refractivity contribution in [2.75, 3.05) is 26.3 Å². The lowest BCUT2D eigenvalue weighted by atomic mass is 9.75. The highest BCUT2D eigenvalue weighted by Crippen LogP contribution is 2.44. The summed E-state index contributed by atoms with van der Waals surface area (Å²) >= 11 is 0. The van der Waals surface area contributed by atoms with Crippen LogP contribution in [0.25, 0.3) is 0 Å². The Kier molecular flexibility index (Phi) is 4.47. The molecule has 0 radical (unpaired) electrons. The second-order valence-electron chi connectivity index (χ2n) is 8.00. The first-order valence-electron chi connectivity index (χ1n) is 8.42. The average molecular weight is 317 g/mol. The third-order valence-corrected chi connectivity index (χ3v) is 4.74. The Morgan fingerprint density at radius 3 is 2.57 bits per heavy atom. The molecule has 2 fully saturated rings. The molecule has 0 bridgehead atoms. The van der Waals surface area contributed by atoms with Crippen molar-refractivity contribution >= 4 is 5.97 Å². The molecule has 126 valence electrons. The number of rotatable bonds is 4. The first-order chi connectivity index (χ1) is 10.9. The molecule has 0 saturated carbocycles. The van der Waals surface area contributed by atoms with Crippen LogP contribution < -0.4 is 0 Å². The summed E-state index contributed by atoms with van der Waals surface area (Å²) in [4.78, 5) is 14.7. The maximum atomic E-state index is 12.2. The molecule has 0 aliphatic carbocycles. The van der Waals surface area contributed by atoms with Crippen LogP contribution in [-0.4, -0.2) is 42.8 Å². The third kappa shape index (κ3) is 3.93. The zero-order valence-corrected chi connectivity index (χ0v) is 14.4. The number of likely N-dealkylation sites (tertiary alicyclic amines) is 1. The molecule has 1 aromatic carbocycles. The Labute approximate surface area is 138 Å². The Morgan fingerprint density at radius 1 is 1.30 bits per heavy atom. The molecule has 1 atom stereocenters. The number of esters is 1. The van der Waals surface area contributed by atoms with E-state index >= 15 is 0 Å². The van der Waals surface area contributed by atoms with Crippen molar-refractivity contribution in [1.29, 1.82) is 0 Å². The van der Waals surface area contributed by atoms with Gasteiger partial charge < -0.3 is 9.47 Å². The van der Waals surface area contributed by atoms with Crippen molar-refractivity contribution < 1.29 is 14.3 Å². The van der Waals surface area contributed by atoms with E-state index < -0.39 is 5.60 Å². The molecular weight excluding hydrogens is 290 g/mol. The molecule has 4 nitrogen and oxygen atoms in total. The Morgan fingerprint density at radius 2 is 2.00 bits per heavy atom. The molecule has 0 aromatic heterocycles. The van der Waals surface area contributed by atoms with Crippen LogP contribution in [0.2, 0.25) is 0 Å². The zero-order valence-electron chi connectivity index (χ0n) is 14.4. The quantitative estimate of drug-likeness (QED) is 0.801. The molecule has 1 aromatic rings. The lowest BCUT2D eigenvalue weighted by Gasteiger charge is -2.42. The summed E-state index contributed by atoms with van der Waals surface area (Å²) < 4.78 is 11.0. The van der Waals surface area contributed by atoms with Crippen LogP contribution in [0.3, 0.4) is 0 Å². The van der Waals surface area contributed by atoms with Crippen LogP contribution in [0.4, 0.5) is 0 Å². The van der Waals surface area contributed by atoms with Crippen LogP contribution >= 0.6 is 0 Å². The van der Waals surface area contributed by atoms with E-state index in [0.717, 1.165) is 32.8 Å². The van der Waals surface area contributed by atoms with E-state index in [1.165, 1.54) is 5.56 Å². The fourth-order valence-corrected chi connectivity index (χ4v) is 3.66. The van der Waals surface area contributed by atoms with E-state index in [-0.39, 0.29) is 11.4 Å². The molecule has 1 unspecified atom stereocenters. The molecule has 0 amide bonds. The predicted molar refractivity (Wildman–Crippen MR) is 88.9 cm³/mol. The number of nitrogens with zero attached hydrogens (tertiary/aromatic N) is 1. The Hall–Kier alpha value is -1.39. The predicted octanol–water partition coefficient (Wildman–Crippen LogP) is 2.87. The third-order valence-electron chi connectivity index (χ3n) is 4.74. The average Bonchev–Trinajstić information content (AvgIpc) is 2.76. The molecule has 23 heavy (non-hydrogen) atoms. The number of carbonyl (C=O) groups is 1. The largest absolute Gasteiger partial charge is 0.460 e. The highest BCUT2D eigenvalue weighted by Gasteiger charge is 2.52. The minimum atomic E-state index is -0.414. The number of hydrogen-bond donors (Lipinski definition) is 0. The molecule has 1 spiro atoms. The number of benzene rings is 1. The first-order valence-corrected chi connectivity index (χ1v) is 8.42. The second-order valence-corrected chi connectivity index (χ2v) is 8.00. The van der Waals surface area contributed by atoms with Gasteiger partial charge in [0.15, 0.2) is 0 Å². The molecule has 0 N–H and O–H groups in total. The number of hydrogen-bond acceptors (Lipinski definition) is 4. The van der Waals surface area contributed by atoms with Crippen LogP contribution in [0.5, 0.6) is 0 Å². The summed E-state index contributed by atoms with van der Waals surface area (Å²) in [6.07, 6.45) is 0.492. The van der Waals surface area contributed by atoms with Gasteiger partial charge in [-0.1, -0.05) is 30.3 Å². The van der Waals surface area contributed by atoms with E-state index in [1.54, 1.807) is 0 Å². The van der Waals surface area contributed by atoms with Crippen molar-refractivity contribution in [3.05, 3.63) is 35.9 Å². The van der Waals surface area contributed by atoms with Crippen molar-refractivity contribution in [2.45, 2.75) is 39.3 Å². The summed E-state index contributed by atoms with van der Waals surface area (Å²) in [6.45, 7) is 10.2. The number of ether oxygens (including phenoxy) is 2. The van der Waals surface area contributed by atoms with E-state index in [0.29, 0.717) is 12.3 Å². The van der Waals surface area contributed by atoms with Crippen LogP contribution in [0.15, 0.2) is 30.3 Å². The monoisotopic (exact) mass is 317 g/mol. The summed E-state index contributed by atoms with van der Waals surface area (Å²) in [7, 11) is 0. The molecule has 2 heterocycles. The van der Waals surface area contributed by atoms with E-state index in [2.05, 4.69) is 29.2 Å². The van der Waals surface area contributed by atoms with Gasteiger partial charge in [-0.25, -0.2) is 0 Å². The van der Waals surface area contributed by atoms with E-state index in [1.807, 2.05) is 26.8 Å². The van der Waals surface area contributed by atoms with Gasteiger partial charge in [-0.05, 0) is 32.3 Å². The van der Waals surface area contributed by atoms with Gasteiger partial charge in [-0.15, -0.1) is 0 Å². The molecular formula is C19H27NO3. The van der Waals surface area contributed by atoms with Gasteiger partial charge in [0.2, 0.25) is 0 Å². The van der Waals surface area contributed by atoms with Gasteiger partial charge in [0.25, 0.3) is 0 Å². The smallest absolute Gasteiger partial charge is 0.306 e. The minimum absolute atomic E-state index is 0.0877. The minimum Gasteiger partial charge on any atom is -0.460 e. The highest BCUT2D eigenvalue weighted by molar-refractivity contribution is 5.70. The topological polar surface area (TPSA) is 38.8 Å². The highest BCUT2D eigenvalue weighted by atomic mass is 16.6. The maximum Gasteiger partial charge on any atom is 0.306 e. The summed E-state index contributed by atoms with van der Waals surface area (Å²) in [5.41, 5.74) is 1.05. The van der Waals surface area contributed by atoms with Crippen LogP contribution in [-0.2, 0) is 20.8 Å². The lowest BCUT2D eigenvalue weighted by molar-refractivity contribution is -0.163. The summed E-state index contributed by atoms with van der Waals surface area (Å²) in [5, 5.41) is 0. The molecule has 2 saturated heterocycles. The normalized spacial score (nSPS) is 23.7. The van der Waals surface area contributed by atoms with Gasteiger partial charge in [0, 0.05) is 25.0 Å². The molecule has 2 aliphatic rings. The Bertz CT molecular complexity index is 545. The Balaban J connectivity index is 1.62. The molecule has 2 aliphatic heterocycles. The fourth-order valence-electron chi connectivity index (χ4n) is 3.66. The van der Waals surface area contributed by atoms with Crippen molar-refractivity contribution in [2.24, 2.45) is 11.3 Å². The van der Waals surface area contributed by atoms with Gasteiger partial charge in [-0.2, -0.15) is 0 Å². The summed E-state index contributed by atoms with van der Waals surface area (Å²) in [5.74, 6) is 0.241. The van der Waals surface area contributed by atoms with Crippen LogP contribution in [0.1, 0.15) is 32.8 Å². The fraction of sp³-hybridized carbons (Fsp3) is 0.632. The standard InChI is InChI=1S/C19H27NO3/c1-18(2,3)23-17(21)9-16-11-20(12-19(16)13-22-14-19)10-15-7-5-4-6-8-15/h4-8,16H,9-14H2,1-3H3. The SMILES string of the molecule is CC(C)(C)OC(=O)CC1CN(Cc2ccccc2)CC12COC2. The van der Waals surface area contributed by atoms with Crippen molar-refractivity contribution in [1.82, 2.24) is 4.90 Å². The molecule has 3 rings (SSSR count). The van der Waals surface area contributed by atoms with E-state index in [4.69, 9.17) is 9.47 Å². The lowest BCUT2D eigenvalue weighted by Crippen LogP contribution is -2.49. The van der Waals surface area contributed by atoms with Crippen LogP contribution in [0, 0.1) is 11.3 Å². The van der Waals surface area contributed by atoms with Crippen molar-refractivity contribution in [3.8, 4) is 0 Å². The molecule has 4 heteroatoms. The first kappa shape index (κ1) is 16.5. The summed E-state index contributed by atoms with van der Waals surface area (Å²) in [6, 6.07) is 10.5. The second kappa shape index (κ2) is 6.25. The van der Waals surface area contributed by atoms with E-state index in [9.17, 15) is 4.79 Å². The van der Waals surface area contributed by atoms with Gasteiger partial charge >= 0.3 is 5.97 Å². The number of carbonyl (C=O) groups excluding carboxylic acids is 1. The zero-order chi connectivity index (χ0) is 16.5.